The minimum Gasteiger partial charge on any atom is -0.359 e. The number of hydrogen-bond donors (Lipinski definition) is 0. The van der Waals surface area contributed by atoms with E-state index in [9.17, 15) is 9.18 Å². The van der Waals surface area contributed by atoms with Crippen molar-refractivity contribution < 1.29 is 13.7 Å². The summed E-state index contributed by atoms with van der Waals surface area (Å²) in [4.78, 5) is 14.3. The van der Waals surface area contributed by atoms with Crippen LogP contribution in [-0.2, 0) is 11.2 Å². The number of hydrogen-bond acceptors (Lipinski definition) is 3. The summed E-state index contributed by atoms with van der Waals surface area (Å²) in [7, 11) is 0. The molecule has 4 nitrogen and oxygen atoms in total. The second-order valence-corrected chi connectivity index (χ2v) is 5.94. The lowest BCUT2D eigenvalue weighted by Gasteiger charge is -2.23. The van der Waals surface area contributed by atoms with Crippen LogP contribution in [0.1, 0.15) is 35.9 Å². The van der Waals surface area contributed by atoms with Crippen molar-refractivity contribution in [3.63, 3.8) is 0 Å². The quantitative estimate of drug-likeness (QED) is 0.866. The zero-order chi connectivity index (χ0) is 15.7. The molecule has 0 saturated carbocycles. The maximum atomic E-state index is 13.1. The number of carbonyl (C=O) groups excluding carboxylic acids is 1. The maximum Gasteiger partial charge on any atom is 0.227 e. The molecule has 1 aliphatic rings. The summed E-state index contributed by atoms with van der Waals surface area (Å²) in [5.41, 5.74) is 1.43. The van der Waals surface area contributed by atoms with Gasteiger partial charge in [0.15, 0.2) is 5.76 Å². The number of benzene rings is 1. The van der Waals surface area contributed by atoms with E-state index < -0.39 is 5.82 Å². The maximum absolute atomic E-state index is 13.1. The summed E-state index contributed by atoms with van der Waals surface area (Å²) < 4.78 is 18.4. The van der Waals surface area contributed by atoms with Gasteiger partial charge in [0, 0.05) is 17.6 Å². The van der Waals surface area contributed by atoms with Gasteiger partial charge in [-0.15, -0.1) is 0 Å². The van der Waals surface area contributed by atoms with E-state index in [4.69, 9.17) is 16.1 Å². The highest BCUT2D eigenvalue weighted by Gasteiger charge is 2.32. The van der Waals surface area contributed by atoms with Gasteiger partial charge in [-0.2, -0.15) is 0 Å². The van der Waals surface area contributed by atoms with E-state index in [1.165, 1.54) is 12.1 Å². The molecule has 1 amide bonds. The van der Waals surface area contributed by atoms with Crippen LogP contribution in [0.4, 0.5) is 4.39 Å². The number of halogens is 2. The Morgan fingerprint density at radius 3 is 3.00 bits per heavy atom. The van der Waals surface area contributed by atoms with Crippen LogP contribution >= 0.6 is 11.6 Å². The predicted octanol–water partition coefficient (Wildman–Crippen LogP) is 3.68. The Bertz CT molecular complexity index is 701. The van der Waals surface area contributed by atoms with Gasteiger partial charge in [0.05, 0.1) is 18.2 Å². The molecular formula is C16H16ClFN2O2. The molecule has 0 aliphatic carbocycles. The first kappa shape index (κ1) is 15.0. The van der Waals surface area contributed by atoms with Crippen LogP contribution in [-0.4, -0.2) is 22.5 Å². The van der Waals surface area contributed by atoms with Crippen molar-refractivity contribution in [2.45, 2.75) is 32.2 Å². The standard InChI is InChI=1S/C16H16ClFN2O2/c1-10-7-15(22-19-10)14-3-2-6-20(14)16(21)8-11-4-5-12(18)9-13(11)17/h4-5,7,9,14H,2-3,6,8H2,1H3/t14-/m0/s1. The van der Waals surface area contributed by atoms with Crippen LogP contribution in [0.15, 0.2) is 28.8 Å². The second-order valence-electron chi connectivity index (χ2n) is 5.53. The van der Waals surface area contributed by atoms with Crippen molar-refractivity contribution in [2.24, 2.45) is 0 Å². The third kappa shape index (κ3) is 2.99. The molecule has 0 bridgehead atoms. The van der Waals surface area contributed by atoms with Gasteiger partial charge in [-0.3, -0.25) is 4.79 Å². The van der Waals surface area contributed by atoms with Crippen LogP contribution in [0.25, 0.3) is 0 Å². The second kappa shape index (κ2) is 6.08. The highest BCUT2D eigenvalue weighted by atomic mass is 35.5. The Morgan fingerprint density at radius 1 is 1.50 bits per heavy atom. The molecule has 1 aromatic carbocycles. The van der Waals surface area contributed by atoms with Gasteiger partial charge >= 0.3 is 0 Å². The van der Waals surface area contributed by atoms with E-state index in [0.717, 1.165) is 18.5 Å². The summed E-state index contributed by atoms with van der Waals surface area (Å²) in [5.74, 6) is 0.274. The predicted molar refractivity (Wildman–Crippen MR) is 80.0 cm³/mol. The Balaban J connectivity index is 1.76. The number of amides is 1. The fourth-order valence-corrected chi connectivity index (χ4v) is 3.06. The lowest BCUT2D eigenvalue weighted by atomic mass is 10.1. The van der Waals surface area contributed by atoms with E-state index in [-0.39, 0.29) is 23.4 Å². The highest BCUT2D eigenvalue weighted by Crippen LogP contribution is 2.33. The van der Waals surface area contributed by atoms with Crippen LogP contribution < -0.4 is 0 Å². The molecule has 0 spiro atoms. The number of rotatable bonds is 3. The fourth-order valence-electron chi connectivity index (χ4n) is 2.83. The number of carbonyl (C=O) groups is 1. The summed E-state index contributed by atoms with van der Waals surface area (Å²) in [6.45, 7) is 2.54. The van der Waals surface area contributed by atoms with Gasteiger partial charge in [-0.05, 0) is 37.5 Å². The molecule has 0 unspecified atom stereocenters. The number of aryl methyl sites for hydroxylation is 1. The monoisotopic (exact) mass is 322 g/mol. The van der Waals surface area contributed by atoms with Crippen molar-refractivity contribution in [1.82, 2.24) is 10.1 Å². The summed E-state index contributed by atoms with van der Waals surface area (Å²) in [6, 6.07) is 5.88. The number of nitrogens with zero attached hydrogens (tertiary/aromatic N) is 2. The lowest BCUT2D eigenvalue weighted by molar-refractivity contribution is -0.131. The van der Waals surface area contributed by atoms with Crippen molar-refractivity contribution in [2.75, 3.05) is 6.54 Å². The van der Waals surface area contributed by atoms with Crippen molar-refractivity contribution >= 4 is 17.5 Å². The van der Waals surface area contributed by atoms with E-state index in [2.05, 4.69) is 5.16 Å². The molecule has 1 saturated heterocycles. The van der Waals surface area contributed by atoms with Crippen molar-refractivity contribution in [1.29, 1.82) is 0 Å². The smallest absolute Gasteiger partial charge is 0.227 e. The summed E-state index contributed by atoms with van der Waals surface area (Å²) in [6.07, 6.45) is 1.94. The third-order valence-electron chi connectivity index (χ3n) is 3.90. The first-order valence-corrected chi connectivity index (χ1v) is 7.59. The Labute approximate surface area is 132 Å². The SMILES string of the molecule is Cc1cc([C@@H]2CCCN2C(=O)Cc2ccc(F)cc2Cl)on1. The number of aromatic nitrogens is 1. The average Bonchev–Trinajstić information content (AvgIpc) is 3.10. The zero-order valence-corrected chi connectivity index (χ0v) is 12.9. The molecule has 1 aromatic heterocycles. The molecule has 6 heteroatoms. The van der Waals surface area contributed by atoms with Crippen molar-refractivity contribution in [3.05, 3.63) is 52.1 Å². The van der Waals surface area contributed by atoms with Gasteiger partial charge in [-0.1, -0.05) is 22.8 Å². The Morgan fingerprint density at radius 2 is 2.32 bits per heavy atom. The van der Waals surface area contributed by atoms with Crippen LogP contribution in [0.2, 0.25) is 5.02 Å². The largest absolute Gasteiger partial charge is 0.359 e. The summed E-state index contributed by atoms with van der Waals surface area (Å²) in [5, 5.41) is 4.16. The van der Waals surface area contributed by atoms with Gasteiger partial charge in [0.1, 0.15) is 5.82 Å². The van der Waals surface area contributed by atoms with Gasteiger partial charge < -0.3 is 9.42 Å². The molecular weight excluding hydrogens is 307 g/mol. The van der Waals surface area contributed by atoms with Crippen LogP contribution in [0.3, 0.4) is 0 Å². The van der Waals surface area contributed by atoms with E-state index in [0.29, 0.717) is 17.9 Å². The molecule has 22 heavy (non-hydrogen) atoms. The lowest BCUT2D eigenvalue weighted by Crippen LogP contribution is -2.31. The van der Waals surface area contributed by atoms with Crippen molar-refractivity contribution in [3.8, 4) is 0 Å². The normalized spacial score (nSPS) is 18.0. The zero-order valence-electron chi connectivity index (χ0n) is 12.2. The fraction of sp³-hybridized carbons (Fsp3) is 0.375. The Kier molecular flexibility index (Phi) is 4.16. The molecule has 0 radical (unpaired) electrons. The van der Waals surface area contributed by atoms with Crippen LogP contribution in [0, 0.1) is 12.7 Å². The first-order valence-electron chi connectivity index (χ1n) is 7.21. The summed E-state index contributed by atoms with van der Waals surface area (Å²) >= 11 is 6.00. The molecule has 116 valence electrons. The van der Waals surface area contributed by atoms with Gasteiger partial charge in [-0.25, -0.2) is 4.39 Å². The topological polar surface area (TPSA) is 46.3 Å². The van der Waals surface area contributed by atoms with E-state index >= 15 is 0 Å². The number of likely N-dealkylation sites (tertiary alicyclic amines) is 1. The molecule has 2 heterocycles. The Hall–Kier alpha value is -1.88. The molecule has 1 fully saturated rings. The highest BCUT2D eigenvalue weighted by molar-refractivity contribution is 6.31. The molecule has 1 atom stereocenters. The van der Waals surface area contributed by atoms with E-state index in [1.54, 1.807) is 11.0 Å². The molecule has 2 aromatic rings. The van der Waals surface area contributed by atoms with E-state index in [1.807, 2.05) is 13.0 Å². The minimum atomic E-state index is -0.405. The molecule has 0 N–H and O–H groups in total. The van der Waals surface area contributed by atoms with Gasteiger partial charge in [0.2, 0.25) is 5.91 Å². The van der Waals surface area contributed by atoms with Gasteiger partial charge in [0.25, 0.3) is 0 Å². The first-order chi connectivity index (χ1) is 10.5. The molecule has 3 rings (SSSR count). The average molecular weight is 323 g/mol. The van der Waals surface area contributed by atoms with Crippen LogP contribution in [0.5, 0.6) is 0 Å². The molecule has 1 aliphatic heterocycles. The minimum absolute atomic E-state index is 0.0370. The third-order valence-corrected chi connectivity index (χ3v) is 4.26.